The normalized spacial score (nSPS) is 17.7. The molecule has 1 heterocycles. The molecule has 1 aromatic carbocycles. The van der Waals surface area contributed by atoms with Gasteiger partial charge in [0.25, 0.3) is 0 Å². The van der Waals surface area contributed by atoms with Gasteiger partial charge in [0.1, 0.15) is 5.82 Å². The number of hydrogen-bond acceptors (Lipinski definition) is 3. The van der Waals surface area contributed by atoms with E-state index in [4.69, 9.17) is 0 Å². The van der Waals surface area contributed by atoms with E-state index in [0.717, 1.165) is 0 Å². The molecule has 1 aromatic rings. The molecule has 6 heteroatoms. The third-order valence-corrected chi connectivity index (χ3v) is 5.02. The molecule has 1 saturated heterocycles. The van der Waals surface area contributed by atoms with Crippen LogP contribution >= 0.6 is 0 Å². The predicted octanol–water partition coefficient (Wildman–Crippen LogP) is 1.63. The number of hydrogen-bond donors (Lipinski definition) is 2. The first-order chi connectivity index (χ1) is 8.49. The van der Waals surface area contributed by atoms with Crippen LogP contribution in [0.15, 0.2) is 18.2 Å². The monoisotopic (exact) mass is 272 g/mol. The highest BCUT2D eigenvalue weighted by atomic mass is 32.2. The van der Waals surface area contributed by atoms with Crippen molar-refractivity contribution < 1.29 is 12.8 Å². The van der Waals surface area contributed by atoms with Gasteiger partial charge in [-0.05, 0) is 56.6 Å². The molecule has 0 aromatic heterocycles. The summed E-state index contributed by atoms with van der Waals surface area (Å²) in [5.41, 5.74) is 1.04. The molecule has 1 fully saturated rings. The molecule has 0 aliphatic carbocycles. The Bertz CT molecular complexity index is 525. The number of nitrogens with one attached hydrogen (secondary N) is 2. The Morgan fingerprint density at radius 3 is 2.61 bits per heavy atom. The average molecular weight is 272 g/mol. The number of rotatable bonds is 3. The van der Waals surface area contributed by atoms with E-state index < -0.39 is 10.0 Å². The minimum Gasteiger partial charge on any atom is -0.317 e. The zero-order chi connectivity index (χ0) is 13.2. The van der Waals surface area contributed by atoms with Crippen LogP contribution in [0.4, 0.5) is 10.1 Å². The van der Waals surface area contributed by atoms with Gasteiger partial charge in [-0.15, -0.1) is 0 Å². The highest BCUT2D eigenvalue weighted by molar-refractivity contribution is 7.93. The van der Waals surface area contributed by atoms with E-state index in [0.29, 0.717) is 37.2 Å². The SMILES string of the molecule is Cc1cc(F)ccc1NS(=O)(=O)C1CCNCC1. The summed E-state index contributed by atoms with van der Waals surface area (Å²) in [6.07, 6.45) is 1.21. The van der Waals surface area contributed by atoms with Gasteiger partial charge in [0.05, 0.1) is 10.9 Å². The van der Waals surface area contributed by atoms with Crippen LogP contribution in [0, 0.1) is 12.7 Å². The number of aryl methyl sites for hydroxylation is 1. The van der Waals surface area contributed by atoms with E-state index in [1.165, 1.54) is 18.2 Å². The topological polar surface area (TPSA) is 58.2 Å². The molecule has 4 nitrogen and oxygen atoms in total. The van der Waals surface area contributed by atoms with Gasteiger partial charge in [-0.2, -0.15) is 0 Å². The molecule has 0 unspecified atom stereocenters. The van der Waals surface area contributed by atoms with Gasteiger partial charge in [0.2, 0.25) is 10.0 Å². The third kappa shape index (κ3) is 3.00. The van der Waals surface area contributed by atoms with Crippen LogP contribution < -0.4 is 10.0 Å². The summed E-state index contributed by atoms with van der Waals surface area (Å²) in [7, 11) is -3.38. The Labute approximate surface area is 107 Å². The Hall–Kier alpha value is -1.14. The Morgan fingerprint density at radius 1 is 1.33 bits per heavy atom. The van der Waals surface area contributed by atoms with Crippen LogP contribution in [-0.4, -0.2) is 26.8 Å². The van der Waals surface area contributed by atoms with Crippen molar-refractivity contribution in [3.63, 3.8) is 0 Å². The van der Waals surface area contributed by atoms with E-state index in [9.17, 15) is 12.8 Å². The summed E-state index contributed by atoms with van der Waals surface area (Å²) in [5, 5.41) is 2.76. The Morgan fingerprint density at radius 2 is 2.00 bits per heavy atom. The lowest BCUT2D eigenvalue weighted by Gasteiger charge is -2.23. The van der Waals surface area contributed by atoms with E-state index >= 15 is 0 Å². The fourth-order valence-corrected chi connectivity index (χ4v) is 3.64. The second kappa shape index (κ2) is 5.24. The Kier molecular flexibility index (Phi) is 3.87. The number of halogens is 1. The van der Waals surface area contributed by atoms with Gasteiger partial charge in [-0.1, -0.05) is 0 Å². The molecule has 18 heavy (non-hydrogen) atoms. The molecule has 0 amide bonds. The first-order valence-electron chi connectivity index (χ1n) is 5.97. The Balaban J connectivity index is 2.16. The van der Waals surface area contributed by atoms with Gasteiger partial charge in [-0.3, -0.25) is 4.72 Å². The van der Waals surface area contributed by atoms with E-state index in [2.05, 4.69) is 10.0 Å². The lowest BCUT2D eigenvalue weighted by Crippen LogP contribution is -2.38. The molecule has 1 aliphatic rings. The fourth-order valence-electron chi connectivity index (χ4n) is 2.08. The molecule has 0 spiro atoms. The van der Waals surface area contributed by atoms with Crippen molar-refractivity contribution in [1.82, 2.24) is 5.32 Å². The van der Waals surface area contributed by atoms with E-state index in [1.54, 1.807) is 6.92 Å². The number of anilines is 1. The van der Waals surface area contributed by atoms with Gasteiger partial charge < -0.3 is 5.32 Å². The van der Waals surface area contributed by atoms with Crippen molar-refractivity contribution >= 4 is 15.7 Å². The molecule has 0 atom stereocenters. The number of benzene rings is 1. The van der Waals surface area contributed by atoms with Crippen molar-refractivity contribution in [2.24, 2.45) is 0 Å². The first kappa shape index (κ1) is 13.3. The summed E-state index contributed by atoms with van der Waals surface area (Å²) < 4.78 is 39.8. The summed E-state index contributed by atoms with van der Waals surface area (Å²) in [5.74, 6) is -0.364. The van der Waals surface area contributed by atoms with Crippen LogP contribution in [0.3, 0.4) is 0 Å². The molecule has 2 rings (SSSR count). The molecule has 0 saturated carbocycles. The zero-order valence-electron chi connectivity index (χ0n) is 10.2. The zero-order valence-corrected chi connectivity index (χ0v) is 11.1. The lowest BCUT2D eigenvalue weighted by molar-refractivity contribution is 0.499. The minimum absolute atomic E-state index is 0.364. The maximum Gasteiger partial charge on any atom is 0.235 e. The van der Waals surface area contributed by atoms with Gasteiger partial charge >= 0.3 is 0 Å². The molecular formula is C12H17FN2O2S. The predicted molar refractivity (Wildman–Crippen MR) is 69.6 cm³/mol. The van der Waals surface area contributed by atoms with Crippen LogP contribution in [0.2, 0.25) is 0 Å². The fraction of sp³-hybridized carbons (Fsp3) is 0.500. The maximum atomic E-state index is 12.9. The second-order valence-corrected chi connectivity index (χ2v) is 6.52. The third-order valence-electron chi connectivity index (χ3n) is 3.17. The maximum absolute atomic E-state index is 12.9. The molecule has 2 N–H and O–H groups in total. The van der Waals surface area contributed by atoms with Gasteiger partial charge in [-0.25, -0.2) is 12.8 Å². The van der Waals surface area contributed by atoms with Crippen molar-refractivity contribution in [1.29, 1.82) is 0 Å². The standard InChI is InChI=1S/C12H17FN2O2S/c1-9-8-10(13)2-3-12(9)15-18(16,17)11-4-6-14-7-5-11/h2-3,8,11,14-15H,4-7H2,1H3. The van der Waals surface area contributed by atoms with E-state index in [-0.39, 0.29) is 11.1 Å². The highest BCUT2D eigenvalue weighted by Crippen LogP contribution is 2.21. The molecule has 0 radical (unpaired) electrons. The number of sulfonamides is 1. The van der Waals surface area contributed by atoms with Crippen molar-refractivity contribution in [2.75, 3.05) is 17.8 Å². The number of piperidine rings is 1. The minimum atomic E-state index is -3.38. The second-order valence-electron chi connectivity index (χ2n) is 4.56. The van der Waals surface area contributed by atoms with Crippen LogP contribution in [0.25, 0.3) is 0 Å². The van der Waals surface area contributed by atoms with E-state index in [1.807, 2.05) is 0 Å². The van der Waals surface area contributed by atoms with Crippen molar-refractivity contribution in [2.45, 2.75) is 25.0 Å². The van der Waals surface area contributed by atoms with Crippen molar-refractivity contribution in [3.05, 3.63) is 29.6 Å². The van der Waals surface area contributed by atoms with Gasteiger partial charge in [0, 0.05) is 0 Å². The highest BCUT2D eigenvalue weighted by Gasteiger charge is 2.27. The quantitative estimate of drug-likeness (QED) is 0.879. The summed E-state index contributed by atoms with van der Waals surface area (Å²) in [4.78, 5) is 0. The first-order valence-corrected chi connectivity index (χ1v) is 7.52. The average Bonchev–Trinajstić information content (AvgIpc) is 2.34. The summed E-state index contributed by atoms with van der Waals surface area (Å²) >= 11 is 0. The largest absolute Gasteiger partial charge is 0.317 e. The smallest absolute Gasteiger partial charge is 0.235 e. The molecular weight excluding hydrogens is 255 g/mol. The molecule has 100 valence electrons. The lowest BCUT2D eigenvalue weighted by atomic mass is 10.2. The van der Waals surface area contributed by atoms with Crippen LogP contribution in [-0.2, 0) is 10.0 Å². The molecule has 0 bridgehead atoms. The van der Waals surface area contributed by atoms with Crippen molar-refractivity contribution in [3.8, 4) is 0 Å². The van der Waals surface area contributed by atoms with Crippen LogP contribution in [0.1, 0.15) is 18.4 Å². The molecule has 1 aliphatic heterocycles. The summed E-state index contributed by atoms with van der Waals surface area (Å²) in [6.45, 7) is 3.12. The van der Waals surface area contributed by atoms with Gasteiger partial charge in [0.15, 0.2) is 0 Å². The summed E-state index contributed by atoms with van der Waals surface area (Å²) in [6, 6.07) is 4.04. The van der Waals surface area contributed by atoms with Crippen LogP contribution in [0.5, 0.6) is 0 Å².